The third-order valence-corrected chi connectivity index (χ3v) is 5.59. The van der Waals surface area contributed by atoms with Crippen LogP contribution in [-0.4, -0.2) is 10.5 Å². The number of nitrogens with one attached hydrogen (secondary N) is 1. The van der Waals surface area contributed by atoms with Crippen molar-refractivity contribution in [2.45, 2.75) is 6.54 Å². The largest absolute Gasteiger partial charge is 0.397 e. The van der Waals surface area contributed by atoms with E-state index in [-0.39, 0.29) is 10.8 Å². The maximum Gasteiger partial charge on any atom is 0.308 e. The Bertz CT molecular complexity index is 1230. The predicted octanol–water partition coefficient (Wildman–Crippen LogP) is 4.60. The molecule has 0 aliphatic rings. The van der Waals surface area contributed by atoms with Gasteiger partial charge in [0.15, 0.2) is 0 Å². The second-order valence-electron chi connectivity index (χ2n) is 6.30. The third kappa shape index (κ3) is 3.65. The lowest BCUT2D eigenvalue weighted by molar-refractivity contribution is 0.102. The standard InChI is InChI=1S/C21H16ClN3O2S/c22-15-9-10-19-18(11-15)25(21(27)28-19)12-13-5-7-14(8-6-13)20(26)24-17-4-2-1-3-16(17)23/h1-11H,12,23H2,(H,24,26). The fourth-order valence-corrected chi connectivity index (χ4v) is 3.97. The van der Waals surface area contributed by atoms with Crippen LogP contribution in [0.15, 0.2) is 71.5 Å². The molecular formula is C21H16ClN3O2S. The zero-order valence-corrected chi connectivity index (χ0v) is 16.3. The van der Waals surface area contributed by atoms with E-state index < -0.39 is 0 Å². The van der Waals surface area contributed by atoms with Gasteiger partial charge in [-0.1, -0.05) is 47.2 Å². The molecule has 0 radical (unpaired) electrons. The van der Waals surface area contributed by atoms with E-state index in [1.54, 1.807) is 41.0 Å². The normalized spacial score (nSPS) is 10.9. The molecule has 0 saturated heterocycles. The van der Waals surface area contributed by atoms with Gasteiger partial charge in [-0.05, 0) is 48.0 Å². The number of nitrogens with zero attached hydrogens (tertiary/aromatic N) is 1. The first-order valence-corrected chi connectivity index (χ1v) is 9.74. The van der Waals surface area contributed by atoms with E-state index >= 15 is 0 Å². The molecule has 0 unspecified atom stereocenters. The van der Waals surface area contributed by atoms with Gasteiger partial charge >= 0.3 is 4.87 Å². The number of aromatic nitrogens is 1. The second kappa shape index (κ2) is 7.50. The molecular weight excluding hydrogens is 394 g/mol. The average molecular weight is 410 g/mol. The Morgan fingerprint density at radius 3 is 2.57 bits per heavy atom. The van der Waals surface area contributed by atoms with Gasteiger partial charge in [-0.25, -0.2) is 0 Å². The summed E-state index contributed by atoms with van der Waals surface area (Å²) in [6, 6.07) is 19.7. The molecule has 0 aliphatic heterocycles. The maximum atomic E-state index is 12.4. The molecule has 4 aromatic rings. The summed E-state index contributed by atoms with van der Waals surface area (Å²) in [7, 11) is 0. The number of halogens is 1. The number of hydrogen-bond donors (Lipinski definition) is 2. The van der Waals surface area contributed by atoms with Crippen LogP contribution in [0.5, 0.6) is 0 Å². The van der Waals surface area contributed by atoms with Crippen LogP contribution in [0.4, 0.5) is 11.4 Å². The smallest absolute Gasteiger partial charge is 0.308 e. The first-order valence-electron chi connectivity index (χ1n) is 8.55. The predicted molar refractivity (Wildman–Crippen MR) is 115 cm³/mol. The highest BCUT2D eigenvalue weighted by Gasteiger charge is 2.11. The highest BCUT2D eigenvalue weighted by Crippen LogP contribution is 2.23. The van der Waals surface area contributed by atoms with Crippen molar-refractivity contribution in [3.8, 4) is 0 Å². The topological polar surface area (TPSA) is 77.1 Å². The van der Waals surface area contributed by atoms with E-state index in [0.717, 1.165) is 15.8 Å². The van der Waals surface area contributed by atoms with Crippen molar-refractivity contribution in [3.63, 3.8) is 0 Å². The minimum Gasteiger partial charge on any atom is -0.397 e. The number of para-hydroxylation sites is 2. The maximum absolute atomic E-state index is 12.4. The zero-order chi connectivity index (χ0) is 19.7. The molecule has 28 heavy (non-hydrogen) atoms. The molecule has 0 aliphatic carbocycles. The van der Waals surface area contributed by atoms with E-state index in [9.17, 15) is 9.59 Å². The number of fused-ring (bicyclic) bond motifs is 1. The van der Waals surface area contributed by atoms with Gasteiger partial charge in [0.2, 0.25) is 0 Å². The molecule has 0 atom stereocenters. The third-order valence-electron chi connectivity index (χ3n) is 4.40. The molecule has 1 heterocycles. The quantitative estimate of drug-likeness (QED) is 0.483. The van der Waals surface area contributed by atoms with Crippen molar-refractivity contribution in [1.82, 2.24) is 4.57 Å². The van der Waals surface area contributed by atoms with Crippen LogP contribution >= 0.6 is 22.9 Å². The molecule has 7 heteroatoms. The van der Waals surface area contributed by atoms with Crippen LogP contribution in [0.25, 0.3) is 10.2 Å². The molecule has 0 spiro atoms. The van der Waals surface area contributed by atoms with Crippen LogP contribution in [0.3, 0.4) is 0 Å². The van der Waals surface area contributed by atoms with E-state index in [4.69, 9.17) is 17.3 Å². The van der Waals surface area contributed by atoms with Crippen molar-refractivity contribution in [3.05, 3.63) is 92.5 Å². The Kier molecular flexibility index (Phi) is 4.90. The van der Waals surface area contributed by atoms with E-state index in [1.165, 1.54) is 11.3 Å². The number of nitrogens with two attached hydrogens (primary N) is 1. The van der Waals surface area contributed by atoms with Gasteiger partial charge in [0, 0.05) is 10.6 Å². The number of nitrogen functional groups attached to an aromatic ring is 1. The van der Waals surface area contributed by atoms with Gasteiger partial charge < -0.3 is 11.1 Å². The number of carbonyl (C=O) groups excluding carboxylic acids is 1. The van der Waals surface area contributed by atoms with Crippen molar-refractivity contribution in [2.24, 2.45) is 0 Å². The monoisotopic (exact) mass is 409 g/mol. The lowest BCUT2D eigenvalue weighted by Crippen LogP contribution is -2.15. The van der Waals surface area contributed by atoms with Gasteiger partial charge in [0.1, 0.15) is 0 Å². The van der Waals surface area contributed by atoms with Crippen molar-refractivity contribution >= 4 is 50.4 Å². The summed E-state index contributed by atoms with van der Waals surface area (Å²) in [5.74, 6) is -0.241. The van der Waals surface area contributed by atoms with E-state index in [0.29, 0.717) is 28.5 Å². The summed E-state index contributed by atoms with van der Waals surface area (Å²) in [4.78, 5) is 24.7. The molecule has 3 N–H and O–H groups in total. The second-order valence-corrected chi connectivity index (χ2v) is 7.73. The average Bonchev–Trinajstić information content (AvgIpc) is 2.99. The lowest BCUT2D eigenvalue weighted by Gasteiger charge is -2.09. The highest BCUT2D eigenvalue weighted by atomic mass is 35.5. The fourth-order valence-electron chi connectivity index (χ4n) is 2.93. The van der Waals surface area contributed by atoms with Crippen LogP contribution in [0, 0.1) is 0 Å². The van der Waals surface area contributed by atoms with Crippen LogP contribution in [0.1, 0.15) is 15.9 Å². The Morgan fingerprint density at radius 1 is 1.07 bits per heavy atom. The Balaban J connectivity index is 1.55. The van der Waals surface area contributed by atoms with Gasteiger partial charge in [0.05, 0.1) is 28.1 Å². The minimum absolute atomic E-state index is 0.0429. The number of hydrogen-bond acceptors (Lipinski definition) is 4. The number of thiazole rings is 1. The summed E-state index contributed by atoms with van der Waals surface area (Å²) >= 11 is 7.26. The fraction of sp³-hybridized carbons (Fsp3) is 0.0476. The SMILES string of the molecule is Nc1ccccc1NC(=O)c1ccc(Cn2c(=O)sc3ccc(Cl)cc32)cc1. The molecule has 5 nitrogen and oxygen atoms in total. The molecule has 1 amide bonds. The summed E-state index contributed by atoms with van der Waals surface area (Å²) in [5, 5.41) is 3.39. The molecule has 140 valence electrons. The highest BCUT2D eigenvalue weighted by molar-refractivity contribution is 7.16. The number of amides is 1. The molecule has 3 aromatic carbocycles. The molecule has 0 saturated carbocycles. The molecule has 4 rings (SSSR count). The molecule has 1 aromatic heterocycles. The van der Waals surface area contributed by atoms with Crippen LogP contribution < -0.4 is 15.9 Å². The van der Waals surface area contributed by atoms with Gasteiger partial charge in [-0.3, -0.25) is 14.2 Å². The van der Waals surface area contributed by atoms with Crippen molar-refractivity contribution < 1.29 is 4.79 Å². The number of benzene rings is 3. The zero-order valence-electron chi connectivity index (χ0n) is 14.7. The molecule has 0 bridgehead atoms. The summed E-state index contributed by atoms with van der Waals surface area (Å²) in [5.41, 5.74) is 9.18. The lowest BCUT2D eigenvalue weighted by atomic mass is 10.1. The van der Waals surface area contributed by atoms with E-state index in [2.05, 4.69) is 5.32 Å². The van der Waals surface area contributed by atoms with Crippen molar-refractivity contribution in [1.29, 1.82) is 0 Å². The summed E-state index contributed by atoms with van der Waals surface area (Å²) < 4.78 is 2.58. The van der Waals surface area contributed by atoms with E-state index in [1.807, 2.05) is 30.3 Å². The van der Waals surface area contributed by atoms with Crippen molar-refractivity contribution in [2.75, 3.05) is 11.1 Å². The van der Waals surface area contributed by atoms with Crippen LogP contribution in [-0.2, 0) is 6.54 Å². The number of carbonyl (C=O) groups is 1. The minimum atomic E-state index is -0.241. The van der Waals surface area contributed by atoms with Gasteiger partial charge in [-0.15, -0.1) is 0 Å². The molecule has 0 fully saturated rings. The number of anilines is 2. The first-order chi connectivity index (χ1) is 13.5. The van der Waals surface area contributed by atoms with Crippen LogP contribution in [0.2, 0.25) is 5.02 Å². The Hall–Kier alpha value is -3.09. The Morgan fingerprint density at radius 2 is 1.82 bits per heavy atom. The summed E-state index contributed by atoms with van der Waals surface area (Å²) in [6.45, 7) is 0.409. The van der Waals surface area contributed by atoms with Gasteiger partial charge in [-0.2, -0.15) is 0 Å². The first kappa shape index (κ1) is 18.3. The summed E-state index contributed by atoms with van der Waals surface area (Å²) in [6.07, 6.45) is 0. The Labute approximate surface area is 170 Å². The number of rotatable bonds is 4. The van der Waals surface area contributed by atoms with Gasteiger partial charge in [0.25, 0.3) is 5.91 Å².